The number of hydrogen-bond acceptors (Lipinski definition) is 2. The molecule has 2 aromatic carbocycles. The molecule has 0 amide bonds. The van der Waals surface area contributed by atoms with E-state index >= 15 is 0 Å². The first-order chi connectivity index (χ1) is 12.2. The molecule has 1 aliphatic rings. The Morgan fingerprint density at radius 2 is 1.96 bits per heavy atom. The van der Waals surface area contributed by atoms with Crippen molar-refractivity contribution >= 4 is 28.2 Å². The summed E-state index contributed by atoms with van der Waals surface area (Å²) < 4.78 is 14.8. The maximum absolute atomic E-state index is 14.8. The van der Waals surface area contributed by atoms with Gasteiger partial charge in [-0.2, -0.15) is 0 Å². The lowest BCUT2D eigenvalue weighted by molar-refractivity contribution is 0.0869. The van der Waals surface area contributed by atoms with Crippen molar-refractivity contribution in [1.29, 1.82) is 0 Å². The van der Waals surface area contributed by atoms with Crippen LogP contribution < -0.4 is 5.32 Å². The van der Waals surface area contributed by atoms with Crippen molar-refractivity contribution in [2.24, 2.45) is 0 Å². The minimum Gasteiger partial charge on any atom is -0.390 e. The summed E-state index contributed by atoms with van der Waals surface area (Å²) in [4.78, 5) is 3.12. The van der Waals surface area contributed by atoms with E-state index < -0.39 is 11.6 Å². The first-order valence-corrected chi connectivity index (χ1v) is 9.15. The minimum absolute atomic E-state index is 0.168. The Bertz CT molecular complexity index is 1020. The van der Waals surface area contributed by atoms with E-state index in [1.165, 1.54) is 6.07 Å². The fourth-order valence-corrected chi connectivity index (χ4v) is 4.56. The van der Waals surface area contributed by atoms with Crippen LogP contribution in [0.3, 0.4) is 0 Å². The summed E-state index contributed by atoms with van der Waals surface area (Å²) in [6.45, 7) is 7.89. The van der Waals surface area contributed by atoms with Crippen LogP contribution in [-0.4, -0.2) is 21.7 Å². The Morgan fingerprint density at radius 1 is 1.23 bits per heavy atom. The average Bonchev–Trinajstić information content (AvgIpc) is 3.04. The molecule has 0 radical (unpaired) electrons. The monoisotopic (exact) mass is 372 g/mol. The number of benzene rings is 2. The van der Waals surface area contributed by atoms with E-state index in [0.717, 1.165) is 27.7 Å². The van der Waals surface area contributed by atoms with Gasteiger partial charge in [0.2, 0.25) is 0 Å². The number of fused-ring (bicyclic) bond motifs is 2. The smallest absolute Gasteiger partial charge is 0.133 e. The first kappa shape index (κ1) is 17.4. The SMILES string of the molecule is Cc1cc(-c2c(F)ccc3cc[nH]c23)c(Cl)c2c1NC(C)(C)C(O)C2C. The van der Waals surface area contributed by atoms with Crippen LogP contribution in [0.5, 0.6) is 0 Å². The molecule has 2 heterocycles. The highest BCUT2D eigenvalue weighted by Gasteiger charge is 2.40. The quantitative estimate of drug-likeness (QED) is 0.520. The summed E-state index contributed by atoms with van der Waals surface area (Å²) in [5.41, 5.74) is 4.13. The molecule has 1 aliphatic heterocycles. The Labute approximate surface area is 157 Å². The molecule has 0 fully saturated rings. The molecule has 0 spiro atoms. The van der Waals surface area contributed by atoms with Crippen molar-refractivity contribution in [2.75, 3.05) is 5.32 Å². The molecule has 0 aliphatic carbocycles. The standard InChI is InChI=1S/C21H22ClFN2O/c1-10-9-13(16-14(23)6-5-12-7-8-24-19(12)16)17(22)15-11(2)20(26)21(3,4)25-18(10)15/h5-9,11,20,24-26H,1-4H3. The van der Waals surface area contributed by atoms with Gasteiger partial charge in [-0.25, -0.2) is 4.39 Å². The number of aliphatic hydroxyl groups is 1. The van der Waals surface area contributed by atoms with Crippen molar-refractivity contribution < 1.29 is 9.50 Å². The normalized spacial score (nSPS) is 21.5. The number of aromatic nitrogens is 1. The predicted octanol–water partition coefficient (Wildman–Crippen LogP) is 5.60. The number of aryl methyl sites for hydroxylation is 1. The van der Waals surface area contributed by atoms with Gasteiger partial charge in [-0.3, -0.25) is 0 Å². The van der Waals surface area contributed by atoms with E-state index in [-0.39, 0.29) is 11.7 Å². The Hall–Kier alpha value is -2.04. The Morgan fingerprint density at radius 3 is 2.69 bits per heavy atom. The van der Waals surface area contributed by atoms with E-state index in [4.69, 9.17) is 11.6 Å². The third-order valence-corrected chi connectivity index (χ3v) is 5.97. The molecule has 2 atom stereocenters. The summed E-state index contributed by atoms with van der Waals surface area (Å²) in [5.74, 6) is -0.489. The number of anilines is 1. The molecule has 3 nitrogen and oxygen atoms in total. The molecule has 0 saturated heterocycles. The summed E-state index contributed by atoms with van der Waals surface area (Å²) >= 11 is 6.79. The fraction of sp³-hybridized carbons (Fsp3) is 0.333. The number of hydrogen-bond donors (Lipinski definition) is 3. The number of nitrogens with one attached hydrogen (secondary N) is 2. The van der Waals surface area contributed by atoms with Gasteiger partial charge in [0.15, 0.2) is 0 Å². The van der Waals surface area contributed by atoms with Crippen molar-refractivity contribution in [3.63, 3.8) is 0 Å². The van der Waals surface area contributed by atoms with Gasteiger partial charge in [0.1, 0.15) is 5.82 Å². The topological polar surface area (TPSA) is 48.0 Å². The molecule has 1 aromatic heterocycles. The third-order valence-electron chi connectivity index (χ3n) is 5.56. The van der Waals surface area contributed by atoms with Gasteiger partial charge in [-0.1, -0.05) is 18.5 Å². The predicted molar refractivity (Wildman–Crippen MR) is 106 cm³/mol. The van der Waals surface area contributed by atoms with Crippen LogP contribution in [0.1, 0.15) is 37.8 Å². The molecular formula is C21H22ClFN2O. The number of H-pyrrole nitrogens is 1. The van der Waals surface area contributed by atoms with Gasteiger partial charge in [0.05, 0.1) is 22.2 Å². The van der Waals surface area contributed by atoms with Crippen LogP contribution in [-0.2, 0) is 0 Å². The Balaban J connectivity index is 2.03. The zero-order valence-corrected chi connectivity index (χ0v) is 16.0. The highest BCUT2D eigenvalue weighted by atomic mass is 35.5. The maximum Gasteiger partial charge on any atom is 0.133 e. The van der Waals surface area contributed by atoms with Crippen LogP contribution >= 0.6 is 11.6 Å². The van der Waals surface area contributed by atoms with Crippen LogP contribution in [0.25, 0.3) is 22.0 Å². The van der Waals surface area contributed by atoms with Gasteiger partial charge in [0.25, 0.3) is 0 Å². The van der Waals surface area contributed by atoms with E-state index in [1.807, 2.05) is 39.8 Å². The molecule has 3 aromatic rings. The average molecular weight is 373 g/mol. The Kier molecular flexibility index (Phi) is 3.83. The number of halogens is 2. The largest absolute Gasteiger partial charge is 0.390 e. The van der Waals surface area contributed by atoms with Crippen LogP contribution in [0.2, 0.25) is 5.02 Å². The zero-order valence-electron chi connectivity index (χ0n) is 15.2. The summed E-state index contributed by atoms with van der Waals surface area (Å²) in [7, 11) is 0. The van der Waals surface area contributed by atoms with E-state index in [0.29, 0.717) is 16.1 Å². The molecule has 0 bridgehead atoms. The second-order valence-electron chi connectivity index (χ2n) is 7.79. The van der Waals surface area contributed by atoms with Crippen molar-refractivity contribution in [2.45, 2.75) is 45.3 Å². The highest BCUT2D eigenvalue weighted by molar-refractivity contribution is 6.35. The van der Waals surface area contributed by atoms with Gasteiger partial charge >= 0.3 is 0 Å². The van der Waals surface area contributed by atoms with E-state index in [1.54, 1.807) is 12.3 Å². The molecule has 5 heteroatoms. The van der Waals surface area contributed by atoms with Gasteiger partial charge in [0, 0.05) is 39.9 Å². The second kappa shape index (κ2) is 5.73. The van der Waals surface area contributed by atoms with Gasteiger partial charge in [-0.15, -0.1) is 0 Å². The van der Waals surface area contributed by atoms with E-state index in [9.17, 15) is 9.50 Å². The number of aromatic amines is 1. The fourth-order valence-electron chi connectivity index (χ4n) is 4.14. The molecule has 2 unspecified atom stereocenters. The lowest BCUT2D eigenvalue weighted by Crippen LogP contribution is -2.50. The number of rotatable bonds is 1. The van der Waals surface area contributed by atoms with Crippen LogP contribution in [0.15, 0.2) is 30.5 Å². The zero-order chi connectivity index (χ0) is 18.8. The summed E-state index contributed by atoms with van der Waals surface area (Å²) in [6, 6.07) is 7.05. The maximum atomic E-state index is 14.8. The molecular weight excluding hydrogens is 351 g/mol. The lowest BCUT2D eigenvalue weighted by Gasteiger charge is -2.43. The summed E-state index contributed by atoms with van der Waals surface area (Å²) in [6.07, 6.45) is 1.19. The molecule has 4 rings (SSSR count). The van der Waals surface area contributed by atoms with Crippen LogP contribution in [0.4, 0.5) is 10.1 Å². The minimum atomic E-state index is -0.603. The summed E-state index contributed by atoms with van der Waals surface area (Å²) in [5, 5.41) is 15.6. The molecule has 136 valence electrons. The molecule has 0 saturated carbocycles. The van der Waals surface area contributed by atoms with Crippen molar-refractivity contribution in [3.05, 3.63) is 52.4 Å². The second-order valence-corrected chi connectivity index (χ2v) is 8.17. The highest BCUT2D eigenvalue weighted by Crippen LogP contribution is 2.48. The molecule has 26 heavy (non-hydrogen) atoms. The third kappa shape index (κ3) is 2.36. The van der Waals surface area contributed by atoms with Crippen LogP contribution in [0, 0.1) is 12.7 Å². The van der Waals surface area contributed by atoms with E-state index in [2.05, 4.69) is 10.3 Å². The molecule has 3 N–H and O–H groups in total. The van der Waals surface area contributed by atoms with Gasteiger partial charge < -0.3 is 15.4 Å². The number of aliphatic hydroxyl groups excluding tert-OH is 1. The van der Waals surface area contributed by atoms with Gasteiger partial charge in [-0.05, 0) is 50.6 Å². The van der Waals surface area contributed by atoms with Crippen molar-refractivity contribution in [3.8, 4) is 11.1 Å². The van der Waals surface area contributed by atoms with Crippen molar-refractivity contribution in [1.82, 2.24) is 4.98 Å². The lowest BCUT2D eigenvalue weighted by atomic mass is 9.77. The first-order valence-electron chi connectivity index (χ1n) is 8.77.